The lowest BCUT2D eigenvalue weighted by atomic mass is 9.78. The Hall–Kier alpha value is -2.22. The number of aryl methyl sites for hydroxylation is 1. The maximum absolute atomic E-state index is 13.1. The Labute approximate surface area is 138 Å². The molecule has 118 valence electrons. The largest absolute Gasteiger partial charge is 0.298 e. The standard InChI is InChI=1S/C21H23NO/c1-15-8-7-9-17(14-15)21(3)13-12-19(20(21)23)16(2)22-18-10-5-4-6-11-18/h4-11,14,19H,12-13H2,1-3H3. The second-order valence-electron chi connectivity index (χ2n) is 6.75. The number of benzene rings is 2. The Morgan fingerprint density at radius 1 is 1.13 bits per heavy atom. The first-order chi connectivity index (χ1) is 11.0. The highest BCUT2D eigenvalue weighted by Crippen LogP contribution is 2.42. The van der Waals surface area contributed by atoms with E-state index in [0.717, 1.165) is 29.8 Å². The van der Waals surface area contributed by atoms with E-state index in [2.05, 4.69) is 37.0 Å². The number of carbonyl (C=O) groups is 1. The molecule has 0 bridgehead atoms. The minimum Gasteiger partial charge on any atom is -0.298 e. The van der Waals surface area contributed by atoms with Gasteiger partial charge in [0.2, 0.25) is 0 Å². The molecule has 2 heteroatoms. The number of aliphatic imine (C=N–C) groups is 1. The van der Waals surface area contributed by atoms with Gasteiger partial charge in [-0.1, -0.05) is 48.0 Å². The fourth-order valence-electron chi connectivity index (χ4n) is 3.53. The van der Waals surface area contributed by atoms with Crippen molar-refractivity contribution < 1.29 is 4.79 Å². The third kappa shape index (κ3) is 2.98. The summed E-state index contributed by atoms with van der Waals surface area (Å²) in [6.07, 6.45) is 1.77. The zero-order valence-electron chi connectivity index (χ0n) is 14.0. The maximum Gasteiger partial charge on any atom is 0.151 e. The van der Waals surface area contributed by atoms with Gasteiger partial charge in [-0.2, -0.15) is 0 Å². The molecule has 0 saturated heterocycles. The molecule has 0 heterocycles. The molecule has 0 radical (unpaired) electrons. The van der Waals surface area contributed by atoms with Gasteiger partial charge in [-0.05, 0) is 51.3 Å². The van der Waals surface area contributed by atoms with Crippen LogP contribution in [0.15, 0.2) is 59.6 Å². The van der Waals surface area contributed by atoms with Crippen molar-refractivity contribution in [3.05, 3.63) is 65.7 Å². The summed E-state index contributed by atoms with van der Waals surface area (Å²) in [7, 11) is 0. The summed E-state index contributed by atoms with van der Waals surface area (Å²) in [4.78, 5) is 17.8. The summed E-state index contributed by atoms with van der Waals surface area (Å²) in [6, 6.07) is 18.2. The summed E-state index contributed by atoms with van der Waals surface area (Å²) >= 11 is 0. The van der Waals surface area contributed by atoms with Crippen LogP contribution in [0.5, 0.6) is 0 Å². The molecule has 1 fully saturated rings. The number of carbonyl (C=O) groups excluding carboxylic acids is 1. The van der Waals surface area contributed by atoms with Crippen LogP contribution in [0.25, 0.3) is 0 Å². The lowest BCUT2D eigenvalue weighted by Gasteiger charge is -2.24. The van der Waals surface area contributed by atoms with E-state index in [1.165, 1.54) is 5.56 Å². The van der Waals surface area contributed by atoms with Crippen LogP contribution >= 0.6 is 0 Å². The van der Waals surface area contributed by atoms with E-state index in [-0.39, 0.29) is 11.3 Å². The average Bonchev–Trinajstić information content (AvgIpc) is 2.85. The topological polar surface area (TPSA) is 29.4 Å². The number of ketones is 1. The summed E-state index contributed by atoms with van der Waals surface area (Å²) < 4.78 is 0. The highest BCUT2D eigenvalue weighted by molar-refractivity contribution is 6.10. The Balaban J connectivity index is 1.88. The molecule has 1 saturated carbocycles. The van der Waals surface area contributed by atoms with Gasteiger partial charge in [-0.25, -0.2) is 0 Å². The first-order valence-corrected chi connectivity index (χ1v) is 8.22. The molecule has 2 atom stereocenters. The molecule has 0 amide bonds. The maximum atomic E-state index is 13.1. The lowest BCUT2D eigenvalue weighted by Crippen LogP contribution is -2.32. The molecule has 0 N–H and O–H groups in total. The number of para-hydroxylation sites is 1. The van der Waals surface area contributed by atoms with Gasteiger partial charge < -0.3 is 0 Å². The van der Waals surface area contributed by atoms with Crippen LogP contribution in [0.4, 0.5) is 5.69 Å². The predicted octanol–water partition coefficient (Wildman–Crippen LogP) is 5.02. The van der Waals surface area contributed by atoms with E-state index in [4.69, 9.17) is 0 Å². The molecule has 23 heavy (non-hydrogen) atoms. The van der Waals surface area contributed by atoms with Crippen molar-refractivity contribution in [3.8, 4) is 0 Å². The van der Waals surface area contributed by atoms with Gasteiger partial charge in [0.15, 0.2) is 5.78 Å². The van der Waals surface area contributed by atoms with E-state index >= 15 is 0 Å². The van der Waals surface area contributed by atoms with E-state index in [9.17, 15) is 4.79 Å². The molecule has 1 aliphatic rings. The lowest BCUT2D eigenvalue weighted by molar-refractivity contribution is -0.123. The van der Waals surface area contributed by atoms with Crippen molar-refractivity contribution >= 4 is 17.2 Å². The summed E-state index contributed by atoms with van der Waals surface area (Å²) in [6.45, 7) is 6.14. The Kier molecular flexibility index (Phi) is 4.16. The van der Waals surface area contributed by atoms with Gasteiger partial charge in [0, 0.05) is 5.71 Å². The third-order valence-corrected chi connectivity index (χ3v) is 5.01. The van der Waals surface area contributed by atoms with Gasteiger partial charge in [-0.15, -0.1) is 0 Å². The fraction of sp³-hybridized carbons (Fsp3) is 0.333. The number of rotatable bonds is 3. The van der Waals surface area contributed by atoms with Crippen molar-refractivity contribution in [1.82, 2.24) is 0 Å². The van der Waals surface area contributed by atoms with E-state index in [1.807, 2.05) is 43.3 Å². The number of nitrogens with zero attached hydrogens (tertiary/aromatic N) is 1. The van der Waals surface area contributed by atoms with E-state index in [1.54, 1.807) is 0 Å². The third-order valence-electron chi connectivity index (χ3n) is 5.01. The van der Waals surface area contributed by atoms with Crippen LogP contribution in [0.3, 0.4) is 0 Å². The summed E-state index contributed by atoms with van der Waals surface area (Å²) in [5.41, 5.74) is 3.80. The monoisotopic (exact) mass is 305 g/mol. The summed E-state index contributed by atoms with van der Waals surface area (Å²) in [5, 5.41) is 0. The van der Waals surface area contributed by atoms with Crippen LogP contribution < -0.4 is 0 Å². The van der Waals surface area contributed by atoms with Gasteiger partial charge in [0.05, 0.1) is 17.0 Å². The first kappa shape index (κ1) is 15.7. The summed E-state index contributed by atoms with van der Waals surface area (Å²) in [5.74, 6) is 0.237. The van der Waals surface area contributed by atoms with Crippen molar-refractivity contribution in [2.75, 3.05) is 0 Å². The quantitative estimate of drug-likeness (QED) is 0.732. The van der Waals surface area contributed by atoms with Crippen molar-refractivity contribution in [2.45, 2.75) is 39.0 Å². The smallest absolute Gasteiger partial charge is 0.151 e. The molecule has 2 unspecified atom stereocenters. The fourth-order valence-corrected chi connectivity index (χ4v) is 3.53. The van der Waals surface area contributed by atoms with E-state index < -0.39 is 0 Å². The van der Waals surface area contributed by atoms with Crippen LogP contribution in [-0.4, -0.2) is 11.5 Å². The highest BCUT2D eigenvalue weighted by Gasteiger charge is 2.46. The zero-order chi connectivity index (χ0) is 16.4. The van der Waals surface area contributed by atoms with Gasteiger partial charge in [0.25, 0.3) is 0 Å². The van der Waals surface area contributed by atoms with Gasteiger partial charge >= 0.3 is 0 Å². The van der Waals surface area contributed by atoms with Crippen LogP contribution in [0.2, 0.25) is 0 Å². The van der Waals surface area contributed by atoms with Gasteiger partial charge in [-0.3, -0.25) is 9.79 Å². The molecule has 2 aromatic carbocycles. The zero-order valence-corrected chi connectivity index (χ0v) is 14.0. The molecule has 2 nitrogen and oxygen atoms in total. The molecule has 1 aliphatic carbocycles. The van der Waals surface area contributed by atoms with E-state index in [0.29, 0.717) is 5.78 Å². The Morgan fingerprint density at radius 3 is 2.57 bits per heavy atom. The minimum absolute atomic E-state index is 0.0688. The van der Waals surface area contributed by atoms with Crippen LogP contribution in [0.1, 0.15) is 37.8 Å². The van der Waals surface area contributed by atoms with Crippen molar-refractivity contribution in [1.29, 1.82) is 0 Å². The number of hydrogen-bond acceptors (Lipinski definition) is 2. The Bertz CT molecular complexity index is 747. The molecular formula is C21H23NO. The minimum atomic E-state index is -0.385. The van der Waals surface area contributed by atoms with Crippen molar-refractivity contribution in [2.24, 2.45) is 10.9 Å². The number of hydrogen-bond donors (Lipinski definition) is 0. The molecule has 0 aromatic heterocycles. The normalized spacial score (nSPS) is 24.9. The number of Topliss-reactive ketones (excluding diaryl/α,β-unsaturated/α-hetero) is 1. The van der Waals surface area contributed by atoms with Crippen LogP contribution in [-0.2, 0) is 10.2 Å². The molecule has 0 spiro atoms. The Morgan fingerprint density at radius 2 is 1.87 bits per heavy atom. The molecular weight excluding hydrogens is 282 g/mol. The van der Waals surface area contributed by atoms with Gasteiger partial charge in [0.1, 0.15) is 0 Å². The van der Waals surface area contributed by atoms with Crippen molar-refractivity contribution in [3.63, 3.8) is 0 Å². The second kappa shape index (κ2) is 6.11. The molecule has 0 aliphatic heterocycles. The predicted molar refractivity (Wildman–Crippen MR) is 95.5 cm³/mol. The molecule has 3 rings (SSSR count). The molecule has 2 aromatic rings. The SMILES string of the molecule is CC(=Nc1ccccc1)C1CCC(C)(c2cccc(C)c2)C1=O. The highest BCUT2D eigenvalue weighted by atomic mass is 16.1. The first-order valence-electron chi connectivity index (χ1n) is 8.22. The van der Waals surface area contributed by atoms with Crippen LogP contribution in [0, 0.1) is 12.8 Å². The second-order valence-corrected chi connectivity index (χ2v) is 6.75. The average molecular weight is 305 g/mol.